The summed E-state index contributed by atoms with van der Waals surface area (Å²) in [6, 6.07) is 0. The van der Waals surface area contributed by atoms with E-state index in [0.29, 0.717) is 32.5 Å². The Morgan fingerprint density at radius 1 is 0.810 bits per heavy atom. The van der Waals surface area contributed by atoms with Gasteiger partial charge >= 0.3 is 7.82 Å². The average molecular weight is 384 g/mol. The van der Waals surface area contributed by atoms with Gasteiger partial charge in [0.1, 0.15) is 0 Å². The highest BCUT2D eigenvalue weighted by Crippen LogP contribution is 2.50. The number of phosphoric ester groups is 1. The molecule has 21 heavy (non-hydrogen) atoms. The molecular weight excluding hydrogens is 357 g/mol. The van der Waals surface area contributed by atoms with Crippen LogP contribution in [0.2, 0.25) is 0 Å². The van der Waals surface area contributed by atoms with Crippen LogP contribution >= 0.6 is 42.6 Å². The minimum atomic E-state index is -3.46. The second-order valence-electron chi connectivity index (χ2n) is 4.73. The van der Waals surface area contributed by atoms with Crippen LogP contribution in [0.1, 0.15) is 58.8 Å². The fourth-order valence-electron chi connectivity index (χ4n) is 1.36. The van der Waals surface area contributed by atoms with Gasteiger partial charge in [0, 0.05) is 0 Å². The quantitative estimate of drug-likeness (QED) is 0.213. The fraction of sp³-hybridized carbons (Fsp3) is 1.00. The summed E-state index contributed by atoms with van der Waals surface area (Å²) in [4.78, 5) is 0. The van der Waals surface area contributed by atoms with Crippen LogP contribution < -0.4 is 0 Å². The van der Waals surface area contributed by atoms with Crippen molar-refractivity contribution < 1.29 is 18.1 Å². The lowest BCUT2D eigenvalue weighted by Crippen LogP contribution is -2.05. The predicted molar refractivity (Wildman–Crippen MR) is 89.4 cm³/mol. The van der Waals surface area contributed by atoms with Crippen molar-refractivity contribution in [2.75, 3.05) is 19.8 Å². The number of rotatable bonds is 13. The number of phosphoric acid groups is 1. The van der Waals surface area contributed by atoms with E-state index in [-0.39, 0.29) is 6.61 Å². The lowest BCUT2D eigenvalue weighted by Gasteiger charge is -2.18. The van der Waals surface area contributed by atoms with E-state index in [1.807, 2.05) is 13.8 Å². The van der Waals surface area contributed by atoms with Gasteiger partial charge in [0.05, 0.1) is 19.8 Å². The first-order chi connectivity index (χ1) is 9.83. The Hall–Kier alpha value is 0.980. The van der Waals surface area contributed by atoms with Gasteiger partial charge in [-0.2, -0.15) is 0 Å². The first kappa shape index (κ1) is 22.0. The molecule has 0 amide bonds. The zero-order chi connectivity index (χ0) is 16.2. The van der Waals surface area contributed by atoms with Crippen molar-refractivity contribution in [3.05, 3.63) is 0 Å². The largest absolute Gasteiger partial charge is 0.474 e. The molecule has 0 rings (SSSR count). The molecule has 0 saturated heterocycles. The van der Waals surface area contributed by atoms with Crippen molar-refractivity contribution in [2.45, 2.75) is 62.6 Å². The van der Waals surface area contributed by atoms with E-state index in [2.05, 4.69) is 0 Å². The Morgan fingerprint density at radius 2 is 1.24 bits per heavy atom. The van der Waals surface area contributed by atoms with Crippen molar-refractivity contribution in [3.8, 4) is 0 Å². The molecule has 8 heteroatoms. The molecule has 0 fully saturated rings. The summed E-state index contributed by atoms with van der Waals surface area (Å²) in [6.07, 6.45) is 5.28. The maximum absolute atomic E-state index is 12.4. The van der Waals surface area contributed by atoms with E-state index in [4.69, 9.17) is 48.4 Å². The summed E-state index contributed by atoms with van der Waals surface area (Å²) >= 11 is 17.0. The topological polar surface area (TPSA) is 44.8 Å². The van der Waals surface area contributed by atoms with Gasteiger partial charge in [-0.3, -0.25) is 13.6 Å². The molecule has 0 aliphatic carbocycles. The van der Waals surface area contributed by atoms with Gasteiger partial charge in [-0.1, -0.05) is 61.5 Å². The van der Waals surface area contributed by atoms with Gasteiger partial charge in [-0.05, 0) is 32.1 Å². The second-order valence-corrected chi connectivity index (χ2v) is 8.91. The van der Waals surface area contributed by atoms with Crippen molar-refractivity contribution in [1.82, 2.24) is 0 Å². The average Bonchev–Trinajstić information content (AvgIpc) is 2.38. The second kappa shape index (κ2) is 12.4. The maximum atomic E-state index is 12.4. The first-order valence-corrected chi connectivity index (χ1v) is 10.0. The number of alkyl halides is 3. The van der Waals surface area contributed by atoms with Crippen molar-refractivity contribution in [3.63, 3.8) is 0 Å². The first-order valence-electron chi connectivity index (χ1n) is 7.43. The lowest BCUT2D eigenvalue weighted by atomic mass is 10.3. The Bertz CT molecular complexity index is 284. The summed E-state index contributed by atoms with van der Waals surface area (Å²) in [6.45, 7) is 5.06. The Kier molecular flexibility index (Phi) is 13.0. The molecule has 0 spiro atoms. The van der Waals surface area contributed by atoms with Crippen LogP contribution in [0.3, 0.4) is 0 Å². The Labute approximate surface area is 143 Å². The minimum absolute atomic E-state index is 0.260. The summed E-state index contributed by atoms with van der Waals surface area (Å²) in [7, 11) is -3.46. The van der Waals surface area contributed by atoms with Crippen LogP contribution in [-0.4, -0.2) is 23.6 Å². The molecule has 0 heterocycles. The fourth-order valence-corrected chi connectivity index (χ4v) is 3.04. The molecule has 0 radical (unpaired) electrons. The van der Waals surface area contributed by atoms with Crippen molar-refractivity contribution in [1.29, 1.82) is 0 Å². The minimum Gasteiger partial charge on any atom is -0.287 e. The van der Waals surface area contributed by atoms with E-state index in [0.717, 1.165) is 25.7 Å². The third-order valence-corrected chi connectivity index (χ3v) is 4.66. The monoisotopic (exact) mass is 382 g/mol. The molecule has 0 aliphatic heterocycles. The molecule has 0 aromatic heterocycles. The van der Waals surface area contributed by atoms with E-state index < -0.39 is 11.6 Å². The van der Waals surface area contributed by atoms with Crippen LogP contribution in [-0.2, 0) is 18.1 Å². The van der Waals surface area contributed by atoms with Crippen molar-refractivity contribution >= 4 is 42.6 Å². The van der Waals surface area contributed by atoms with Gasteiger partial charge in [0.15, 0.2) is 3.79 Å². The Morgan fingerprint density at radius 3 is 1.62 bits per heavy atom. The van der Waals surface area contributed by atoms with Crippen LogP contribution in [0.5, 0.6) is 0 Å². The number of halogens is 3. The molecule has 0 aromatic rings. The van der Waals surface area contributed by atoms with E-state index in [1.54, 1.807) is 0 Å². The molecule has 128 valence electrons. The zero-order valence-electron chi connectivity index (χ0n) is 12.8. The summed E-state index contributed by atoms with van der Waals surface area (Å²) in [5, 5.41) is 0. The summed E-state index contributed by atoms with van der Waals surface area (Å²) < 4.78 is 27.0. The predicted octanol–water partition coefficient (Wildman–Crippen LogP) is 6.29. The zero-order valence-corrected chi connectivity index (χ0v) is 15.9. The standard InChI is InChI=1S/C13H26Cl3O4P/c1-3-5-10-18-21(17,19-11-6-4-2)20-12-8-7-9-13(14,15)16/h3-12H2,1-2H3. The van der Waals surface area contributed by atoms with Crippen molar-refractivity contribution in [2.24, 2.45) is 0 Å². The highest BCUT2D eigenvalue weighted by Gasteiger charge is 2.26. The van der Waals surface area contributed by atoms with Gasteiger partial charge < -0.3 is 0 Å². The molecule has 0 saturated carbocycles. The number of hydrogen-bond donors (Lipinski definition) is 0. The molecule has 4 nitrogen and oxygen atoms in total. The summed E-state index contributed by atoms with van der Waals surface area (Å²) in [5.41, 5.74) is 0. The lowest BCUT2D eigenvalue weighted by molar-refractivity contribution is 0.109. The Balaban J connectivity index is 4.05. The third kappa shape index (κ3) is 14.3. The molecule has 0 atom stereocenters. The normalized spacial score (nSPS) is 12.8. The van der Waals surface area contributed by atoms with Gasteiger partial charge in [0.2, 0.25) is 0 Å². The van der Waals surface area contributed by atoms with Gasteiger partial charge in [-0.15, -0.1) is 0 Å². The molecule has 0 unspecified atom stereocenters. The highest BCUT2D eigenvalue weighted by atomic mass is 35.6. The number of unbranched alkanes of at least 4 members (excludes halogenated alkanes) is 3. The van der Waals surface area contributed by atoms with E-state index >= 15 is 0 Å². The summed E-state index contributed by atoms with van der Waals surface area (Å²) in [5.74, 6) is 0. The van der Waals surface area contributed by atoms with Crippen LogP contribution in [0.15, 0.2) is 0 Å². The molecule has 0 aromatic carbocycles. The van der Waals surface area contributed by atoms with Crippen LogP contribution in [0.4, 0.5) is 0 Å². The van der Waals surface area contributed by atoms with E-state index in [9.17, 15) is 4.57 Å². The molecular formula is C13H26Cl3O4P. The SMILES string of the molecule is CCCCOP(=O)(OCCCC)OCCCCC(Cl)(Cl)Cl. The highest BCUT2D eigenvalue weighted by molar-refractivity contribution is 7.48. The maximum Gasteiger partial charge on any atom is 0.474 e. The number of hydrogen-bond acceptors (Lipinski definition) is 4. The van der Waals surface area contributed by atoms with Crippen LogP contribution in [0, 0.1) is 0 Å². The van der Waals surface area contributed by atoms with Crippen LogP contribution in [0.25, 0.3) is 0 Å². The molecule has 0 aliphatic rings. The van der Waals surface area contributed by atoms with E-state index in [1.165, 1.54) is 0 Å². The van der Waals surface area contributed by atoms with Gasteiger partial charge in [-0.25, -0.2) is 4.57 Å². The molecule has 0 bridgehead atoms. The van der Waals surface area contributed by atoms with Gasteiger partial charge in [0.25, 0.3) is 0 Å². The smallest absolute Gasteiger partial charge is 0.287 e. The molecule has 0 N–H and O–H groups in total. The third-order valence-electron chi connectivity index (χ3n) is 2.60.